The molecule has 0 aliphatic rings. The number of anilines is 2. The molecule has 0 unspecified atom stereocenters. The third kappa shape index (κ3) is 3.57. The number of nitrogens with one attached hydrogen (secondary N) is 2. The van der Waals surface area contributed by atoms with Gasteiger partial charge in [-0.05, 0) is 29.8 Å². The molecule has 0 saturated heterocycles. The average molecular weight is 255 g/mol. The molecule has 0 radical (unpaired) electrons. The van der Waals surface area contributed by atoms with E-state index in [1.165, 1.54) is 18.2 Å². The number of amides is 2. The van der Waals surface area contributed by atoms with Crippen molar-refractivity contribution in [2.24, 2.45) is 0 Å². The summed E-state index contributed by atoms with van der Waals surface area (Å²) in [6.07, 6.45) is 0. The van der Waals surface area contributed by atoms with E-state index in [0.717, 1.165) is 0 Å². The number of benzene rings is 2. The van der Waals surface area contributed by atoms with Crippen LogP contribution in [0, 0.1) is 0 Å². The van der Waals surface area contributed by atoms with Crippen molar-refractivity contribution in [3.63, 3.8) is 0 Å². The van der Waals surface area contributed by atoms with Crippen LogP contribution in [0.25, 0.3) is 0 Å². The molecule has 0 aliphatic carbocycles. The zero-order valence-corrected chi connectivity index (χ0v) is 9.92. The van der Waals surface area contributed by atoms with Crippen molar-refractivity contribution in [3.05, 3.63) is 60.2 Å². The molecular formula is C14H11N2O3-. The van der Waals surface area contributed by atoms with E-state index in [-0.39, 0.29) is 5.56 Å². The van der Waals surface area contributed by atoms with Gasteiger partial charge < -0.3 is 20.5 Å². The normalized spacial score (nSPS) is 9.68. The van der Waals surface area contributed by atoms with Crippen molar-refractivity contribution in [1.82, 2.24) is 0 Å². The molecule has 19 heavy (non-hydrogen) atoms. The van der Waals surface area contributed by atoms with Crippen molar-refractivity contribution in [3.8, 4) is 0 Å². The number of hydrogen-bond acceptors (Lipinski definition) is 3. The number of urea groups is 1. The van der Waals surface area contributed by atoms with Crippen LogP contribution in [-0.2, 0) is 0 Å². The Kier molecular flexibility index (Phi) is 3.78. The predicted octanol–water partition coefficient (Wildman–Crippen LogP) is 1.69. The lowest BCUT2D eigenvalue weighted by Crippen LogP contribution is -2.23. The third-order valence-electron chi connectivity index (χ3n) is 2.39. The van der Waals surface area contributed by atoms with E-state index < -0.39 is 12.0 Å². The summed E-state index contributed by atoms with van der Waals surface area (Å²) in [5.74, 6) is -1.29. The molecule has 0 spiro atoms. The number of carboxylic acid groups (broad SMARTS) is 1. The highest BCUT2D eigenvalue weighted by molar-refractivity contribution is 6.00. The number of carboxylic acids is 1. The fraction of sp³-hybridized carbons (Fsp3) is 0. The lowest BCUT2D eigenvalue weighted by Gasteiger charge is -2.09. The molecule has 2 N–H and O–H groups in total. The molecule has 0 fully saturated rings. The lowest BCUT2D eigenvalue weighted by atomic mass is 10.2. The van der Waals surface area contributed by atoms with Crippen LogP contribution in [-0.4, -0.2) is 12.0 Å². The van der Waals surface area contributed by atoms with E-state index in [4.69, 9.17) is 0 Å². The zero-order chi connectivity index (χ0) is 13.7. The number of rotatable bonds is 3. The molecule has 5 heteroatoms. The minimum absolute atomic E-state index is 0.0116. The standard InChI is InChI=1S/C14H12N2O3/c17-13(18)10-5-4-8-12(9-10)16-14(19)15-11-6-2-1-3-7-11/h1-9H,(H,17,18)(H2,15,16,19)/p-1. The third-order valence-corrected chi connectivity index (χ3v) is 2.39. The average Bonchev–Trinajstić information content (AvgIpc) is 2.40. The van der Waals surface area contributed by atoms with Crippen molar-refractivity contribution in [2.75, 3.05) is 10.6 Å². The van der Waals surface area contributed by atoms with Crippen LogP contribution in [0.4, 0.5) is 16.2 Å². The highest BCUT2D eigenvalue weighted by Gasteiger charge is 2.03. The van der Waals surface area contributed by atoms with Gasteiger partial charge in [0.2, 0.25) is 0 Å². The van der Waals surface area contributed by atoms with Gasteiger partial charge in [0, 0.05) is 11.4 Å². The maximum Gasteiger partial charge on any atom is 0.323 e. The Hall–Kier alpha value is -2.82. The minimum atomic E-state index is -1.29. The monoisotopic (exact) mass is 255 g/mol. The summed E-state index contributed by atoms with van der Waals surface area (Å²) >= 11 is 0. The Balaban J connectivity index is 2.03. The van der Waals surface area contributed by atoms with Crippen molar-refractivity contribution >= 4 is 23.4 Å². The van der Waals surface area contributed by atoms with Gasteiger partial charge in [0.15, 0.2) is 0 Å². The SMILES string of the molecule is O=C(Nc1ccccc1)Nc1cccc(C(=O)[O-])c1. The highest BCUT2D eigenvalue weighted by Crippen LogP contribution is 2.11. The van der Waals surface area contributed by atoms with Gasteiger partial charge in [-0.25, -0.2) is 4.79 Å². The first-order chi connectivity index (χ1) is 9.15. The number of hydrogen-bond donors (Lipinski definition) is 2. The van der Waals surface area contributed by atoms with Crippen LogP contribution in [0.1, 0.15) is 10.4 Å². The summed E-state index contributed by atoms with van der Waals surface area (Å²) in [5, 5.41) is 15.9. The second-order valence-electron chi connectivity index (χ2n) is 3.81. The van der Waals surface area contributed by atoms with E-state index in [2.05, 4.69) is 10.6 Å². The second kappa shape index (κ2) is 5.68. The van der Waals surface area contributed by atoms with Gasteiger partial charge in [0.25, 0.3) is 0 Å². The molecule has 0 bridgehead atoms. The molecule has 0 saturated carbocycles. The molecule has 0 atom stereocenters. The molecule has 2 aromatic rings. The Labute approximate surface area is 109 Å². The summed E-state index contributed by atoms with van der Waals surface area (Å²) < 4.78 is 0. The van der Waals surface area contributed by atoms with Gasteiger partial charge in [0.1, 0.15) is 0 Å². The maximum absolute atomic E-state index is 11.7. The molecule has 2 amide bonds. The fourth-order valence-electron chi connectivity index (χ4n) is 1.54. The number of carbonyl (C=O) groups excluding carboxylic acids is 2. The van der Waals surface area contributed by atoms with Crippen LogP contribution in [0.2, 0.25) is 0 Å². The number of aromatic carboxylic acids is 1. The van der Waals surface area contributed by atoms with Gasteiger partial charge in [-0.3, -0.25) is 0 Å². The van der Waals surface area contributed by atoms with Crippen LogP contribution in [0.15, 0.2) is 54.6 Å². The van der Waals surface area contributed by atoms with Gasteiger partial charge in [-0.15, -0.1) is 0 Å². The Morgan fingerprint density at radius 2 is 1.47 bits per heavy atom. The summed E-state index contributed by atoms with van der Waals surface area (Å²) in [4.78, 5) is 22.4. The lowest BCUT2D eigenvalue weighted by molar-refractivity contribution is -0.255. The van der Waals surface area contributed by atoms with E-state index in [1.807, 2.05) is 6.07 Å². The Bertz CT molecular complexity index is 597. The van der Waals surface area contributed by atoms with Crippen molar-refractivity contribution in [1.29, 1.82) is 0 Å². The molecule has 96 valence electrons. The van der Waals surface area contributed by atoms with Crippen LogP contribution in [0.3, 0.4) is 0 Å². The van der Waals surface area contributed by atoms with E-state index in [0.29, 0.717) is 11.4 Å². The minimum Gasteiger partial charge on any atom is -0.545 e. The molecule has 0 aromatic heterocycles. The molecule has 0 heterocycles. The van der Waals surface area contributed by atoms with E-state index in [1.54, 1.807) is 30.3 Å². The van der Waals surface area contributed by atoms with Crippen LogP contribution < -0.4 is 15.7 Å². The predicted molar refractivity (Wildman–Crippen MR) is 69.9 cm³/mol. The van der Waals surface area contributed by atoms with Crippen molar-refractivity contribution < 1.29 is 14.7 Å². The molecule has 2 rings (SSSR count). The first-order valence-corrected chi connectivity index (χ1v) is 5.59. The Morgan fingerprint density at radius 3 is 2.16 bits per heavy atom. The van der Waals surface area contributed by atoms with Crippen LogP contribution >= 0.6 is 0 Å². The van der Waals surface area contributed by atoms with Gasteiger partial charge in [-0.1, -0.05) is 30.3 Å². The van der Waals surface area contributed by atoms with Crippen LogP contribution in [0.5, 0.6) is 0 Å². The topological polar surface area (TPSA) is 81.3 Å². The summed E-state index contributed by atoms with van der Waals surface area (Å²) in [6, 6.07) is 14.3. The smallest absolute Gasteiger partial charge is 0.323 e. The molecular weight excluding hydrogens is 244 g/mol. The molecule has 5 nitrogen and oxygen atoms in total. The second-order valence-corrected chi connectivity index (χ2v) is 3.81. The molecule has 2 aromatic carbocycles. The van der Waals surface area contributed by atoms with Crippen molar-refractivity contribution in [2.45, 2.75) is 0 Å². The first-order valence-electron chi connectivity index (χ1n) is 5.59. The van der Waals surface area contributed by atoms with Gasteiger partial charge >= 0.3 is 6.03 Å². The van der Waals surface area contributed by atoms with Gasteiger partial charge in [0.05, 0.1) is 5.97 Å². The molecule has 0 aliphatic heterocycles. The van der Waals surface area contributed by atoms with Gasteiger partial charge in [-0.2, -0.15) is 0 Å². The fourth-order valence-corrected chi connectivity index (χ4v) is 1.54. The van der Waals surface area contributed by atoms with E-state index >= 15 is 0 Å². The first kappa shape index (κ1) is 12.6. The quantitative estimate of drug-likeness (QED) is 0.875. The number of para-hydroxylation sites is 1. The number of carbonyl (C=O) groups is 2. The van der Waals surface area contributed by atoms with E-state index in [9.17, 15) is 14.7 Å². The summed E-state index contributed by atoms with van der Waals surface area (Å²) in [5.41, 5.74) is 1.05. The largest absolute Gasteiger partial charge is 0.545 e. The zero-order valence-electron chi connectivity index (χ0n) is 9.92. The summed E-state index contributed by atoms with van der Waals surface area (Å²) in [7, 11) is 0. The maximum atomic E-state index is 11.7. The highest BCUT2D eigenvalue weighted by atomic mass is 16.4. The summed E-state index contributed by atoms with van der Waals surface area (Å²) in [6.45, 7) is 0. The Morgan fingerprint density at radius 1 is 0.842 bits per heavy atom.